The van der Waals surface area contributed by atoms with Gasteiger partial charge in [-0.15, -0.1) is 44.3 Å². The maximum atomic E-state index is 14.0. The number of alkyl halides is 35. The number of rotatable bonds is 12. The number of hydrogen-bond acceptors (Lipinski definition) is 0. The van der Waals surface area contributed by atoms with Crippen molar-refractivity contribution in [2.75, 3.05) is 0 Å². The monoisotopic (exact) mass is 1130 g/mol. The van der Waals surface area contributed by atoms with Crippen molar-refractivity contribution >= 4 is 57.7 Å². The van der Waals surface area contributed by atoms with E-state index in [1.165, 1.54) is 0 Å². The summed E-state index contributed by atoms with van der Waals surface area (Å²) in [4.78, 5) is 0. The molecule has 0 heterocycles. The van der Waals surface area contributed by atoms with Crippen LogP contribution >= 0.6 is 44.3 Å². The highest BCUT2D eigenvalue weighted by Gasteiger charge is 3.00. The second kappa shape index (κ2) is 16.2. The predicted molar refractivity (Wildman–Crippen MR) is 128 cm³/mol. The maximum Gasteiger partial charge on any atom is 0.460 e. The molecule has 0 aromatic carbocycles. The lowest BCUT2D eigenvalue weighted by Crippen LogP contribution is -2.80. The van der Waals surface area contributed by atoms with Crippen LogP contribution in [0.15, 0.2) is 11.5 Å². The Morgan fingerprint density at radius 2 is 0.435 bits per heavy atom. The fourth-order valence-corrected chi connectivity index (χ4v) is 10.3. The van der Waals surface area contributed by atoms with E-state index in [1.807, 2.05) is 0 Å². The maximum absolute atomic E-state index is 14.0. The third-order valence-corrected chi connectivity index (χ3v) is 17.1. The molecule has 0 aliphatic carbocycles. The van der Waals surface area contributed by atoms with Gasteiger partial charge in [-0.05, 0) is 0 Å². The molecule has 0 atom stereocenters. The molecule has 0 radical (unpaired) electrons. The molecular formula is C18Cl4F38Si2. The Labute approximate surface area is 330 Å². The van der Waals surface area contributed by atoms with Gasteiger partial charge in [0.1, 0.15) is 0 Å². The lowest BCUT2D eigenvalue weighted by molar-refractivity contribution is -0.438. The Morgan fingerprint density at radius 1 is 0.258 bits per heavy atom. The minimum atomic E-state index is -9.92. The van der Waals surface area contributed by atoms with Gasteiger partial charge < -0.3 is 0 Å². The zero-order chi connectivity index (χ0) is 52.2. The van der Waals surface area contributed by atoms with E-state index in [2.05, 4.69) is 44.3 Å². The van der Waals surface area contributed by atoms with Crippen LogP contribution in [-0.4, -0.2) is 103 Å². The van der Waals surface area contributed by atoms with Gasteiger partial charge in [0.2, 0.25) is 0 Å². The second-order valence-electron chi connectivity index (χ2n) is 10.7. The summed E-state index contributed by atoms with van der Waals surface area (Å²) in [6.07, 6.45) is -42.1. The largest absolute Gasteiger partial charge is 0.460 e. The van der Waals surface area contributed by atoms with Crippen LogP contribution in [0.2, 0.25) is 5.04 Å². The molecule has 0 saturated carbocycles. The summed E-state index contributed by atoms with van der Waals surface area (Å²) in [5.41, 5.74) is -21.4. The zero-order valence-corrected chi connectivity index (χ0v) is 30.9. The summed E-state index contributed by atoms with van der Waals surface area (Å²) >= 11 is 15.9. The van der Waals surface area contributed by atoms with Crippen molar-refractivity contribution < 1.29 is 167 Å². The molecule has 0 aliphatic heterocycles. The molecule has 374 valence electrons. The normalized spacial score (nSPS) is 16.5. The van der Waals surface area contributed by atoms with Crippen LogP contribution in [0.25, 0.3) is 0 Å². The highest BCUT2D eigenvalue weighted by Crippen LogP contribution is 2.73. The average molecular weight is 1140 g/mol. The molecule has 62 heavy (non-hydrogen) atoms. The van der Waals surface area contributed by atoms with E-state index in [0.29, 0.717) is 0 Å². The molecular weight excluding hydrogens is 1140 g/mol. The third-order valence-electron chi connectivity index (χ3n) is 6.84. The lowest BCUT2D eigenvalue weighted by atomic mass is 9.98. The summed E-state index contributed by atoms with van der Waals surface area (Å²) in [5.74, 6) is -71.6. The molecule has 44 heteroatoms. The highest BCUT2D eigenvalue weighted by molar-refractivity contribution is 7.49. The van der Waals surface area contributed by atoms with Gasteiger partial charge in [0.15, 0.2) is 5.45 Å². The third kappa shape index (κ3) is 8.37. The van der Waals surface area contributed by atoms with Gasteiger partial charge in [-0.1, -0.05) is 0 Å². The van der Waals surface area contributed by atoms with Gasteiger partial charge in [-0.25, -0.2) is 22.0 Å². The summed E-state index contributed by atoms with van der Waals surface area (Å²) in [6, 6.07) is 0. The molecule has 0 rings (SSSR count). The minimum Gasteiger partial charge on any atom is -0.208 e. The number of hydrogen-bond donors (Lipinski definition) is 0. The summed E-state index contributed by atoms with van der Waals surface area (Å²) in [5, 5.41) is -7.03. The Kier molecular flexibility index (Phi) is 16.4. The molecule has 0 nitrogen and oxygen atoms in total. The van der Waals surface area contributed by atoms with Crippen molar-refractivity contribution in [3.8, 4) is 0 Å². The molecule has 0 amide bonds. The fraction of sp³-hybridized carbons (Fsp3) is 0.889. The lowest BCUT2D eigenvalue weighted by Gasteiger charge is -2.46. The summed E-state index contributed by atoms with van der Waals surface area (Å²) in [6.45, 7) is -17.4. The van der Waals surface area contributed by atoms with Crippen molar-refractivity contribution in [2.45, 2.75) is 94.4 Å². The molecule has 0 unspecified atom stereocenters. The van der Waals surface area contributed by atoms with Gasteiger partial charge in [-0.2, -0.15) is 145 Å². The highest BCUT2D eigenvalue weighted by atomic mass is 35.7. The van der Waals surface area contributed by atoms with Crippen LogP contribution in [0.3, 0.4) is 0 Å². The average Bonchev–Trinajstić information content (AvgIpc) is 2.96. The smallest absolute Gasteiger partial charge is 0.208 e. The molecule has 0 aliphatic rings. The molecule has 0 N–H and O–H groups in total. The van der Waals surface area contributed by atoms with E-state index >= 15 is 0 Å². The SMILES string of the molecule is FC(F)(F)C(F)(F)C(F)(F)C(F)(F)C(F)(F)C(F)(F)[Si](Cl)(Cl)C(F)(F)C(F)(F)C(F)(F)C(F)(F)C(F)(F)C(F)(F)F.FC(F)=C(F)[Si](Cl)(Cl)C(C(F)(F)F)(C(F)(F)F)C(F)(F)F. The molecule has 0 saturated heterocycles. The molecule has 0 spiro atoms. The Morgan fingerprint density at radius 3 is 0.581 bits per heavy atom. The van der Waals surface area contributed by atoms with E-state index in [4.69, 9.17) is 0 Å². The van der Waals surface area contributed by atoms with Gasteiger partial charge >= 0.3 is 103 Å². The van der Waals surface area contributed by atoms with Crippen molar-refractivity contribution in [3.63, 3.8) is 0 Å². The van der Waals surface area contributed by atoms with Gasteiger partial charge in [0.05, 0.1) is 0 Å². The van der Waals surface area contributed by atoms with Crippen molar-refractivity contribution in [1.82, 2.24) is 0 Å². The summed E-state index contributed by atoms with van der Waals surface area (Å²) < 4.78 is 489. The second-order valence-corrected chi connectivity index (χ2v) is 23.4. The topological polar surface area (TPSA) is 0 Å². The minimum absolute atomic E-state index is 3.68. The standard InChI is InChI=1S/C12Cl2F26Si.C6Cl2F12Si/c13-41(14,11(37,38)7(27,28)3(19,20)1(15,16)5(23,24)9(31,32)33)12(39,40)8(29,30)4(21,22)2(17,18)6(25,26)10(34,35)36;7-21(8,2(11)1(9)10)3(4(12,13)14,5(15,16)17)6(18,19)20. The first-order valence-corrected chi connectivity index (χ1v) is 20.5. The molecule has 0 fully saturated rings. The van der Waals surface area contributed by atoms with E-state index in [0.717, 1.165) is 0 Å². The van der Waals surface area contributed by atoms with Crippen molar-refractivity contribution in [2.24, 2.45) is 0 Å². The van der Waals surface area contributed by atoms with Crippen LogP contribution in [0.4, 0.5) is 167 Å². The Hall–Kier alpha value is -1.33. The molecule has 0 aromatic heterocycles. The van der Waals surface area contributed by atoms with Crippen molar-refractivity contribution in [3.05, 3.63) is 11.5 Å². The first-order valence-electron chi connectivity index (χ1n) is 12.4. The quantitative estimate of drug-likeness (QED) is 0.104. The Balaban J connectivity index is 0. The number of halogens is 42. The van der Waals surface area contributed by atoms with E-state index in [9.17, 15) is 167 Å². The first kappa shape index (κ1) is 62.8. The van der Waals surface area contributed by atoms with Crippen LogP contribution in [0.5, 0.6) is 0 Å². The van der Waals surface area contributed by atoms with Gasteiger partial charge in [-0.3, -0.25) is 0 Å². The Bertz CT molecular complexity index is 1500. The van der Waals surface area contributed by atoms with E-state index < -0.39 is 119 Å². The van der Waals surface area contributed by atoms with Crippen LogP contribution in [0.1, 0.15) is 0 Å². The fourth-order valence-electron chi connectivity index (χ4n) is 3.43. The van der Waals surface area contributed by atoms with Crippen LogP contribution in [-0.2, 0) is 0 Å². The molecule has 0 aromatic rings. The zero-order valence-electron chi connectivity index (χ0n) is 25.9. The first-order chi connectivity index (χ1) is 25.9. The van der Waals surface area contributed by atoms with Gasteiger partial charge in [0.25, 0.3) is 11.1 Å². The van der Waals surface area contributed by atoms with E-state index in [1.54, 1.807) is 0 Å². The predicted octanol–water partition coefficient (Wildman–Crippen LogP) is 15.4. The van der Waals surface area contributed by atoms with Crippen LogP contribution in [0, 0.1) is 0 Å². The van der Waals surface area contributed by atoms with Crippen molar-refractivity contribution in [1.29, 1.82) is 0 Å². The van der Waals surface area contributed by atoms with Crippen LogP contribution < -0.4 is 0 Å². The van der Waals surface area contributed by atoms with Gasteiger partial charge in [0, 0.05) is 0 Å². The van der Waals surface area contributed by atoms with E-state index in [-0.39, 0.29) is 0 Å². The molecule has 0 bridgehead atoms. The summed E-state index contributed by atoms with van der Waals surface area (Å²) in [7, 11) is 0.